The second-order valence-corrected chi connectivity index (χ2v) is 5.72. The van der Waals surface area contributed by atoms with Gasteiger partial charge in [-0.1, -0.05) is 6.07 Å². The van der Waals surface area contributed by atoms with Crippen molar-refractivity contribution in [2.24, 2.45) is 0 Å². The molecule has 0 aliphatic rings. The lowest BCUT2D eigenvalue weighted by Gasteiger charge is -2.09. The minimum atomic E-state index is -0.619. The number of benzene rings is 2. The SMILES string of the molecule is COc1ccc(NC(=O)NC(=O)COc2cccc(I)c2)cc1. The van der Waals surface area contributed by atoms with Gasteiger partial charge in [0.2, 0.25) is 0 Å². The van der Waals surface area contributed by atoms with Crippen LogP contribution in [0.5, 0.6) is 11.5 Å². The van der Waals surface area contributed by atoms with E-state index in [-0.39, 0.29) is 6.61 Å². The highest BCUT2D eigenvalue weighted by Gasteiger charge is 2.09. The monoisotopic (exact) mass is 426 g/mol. The molecule has 0 aromatic heterocycles. The average molecular weight is 426 g/mol. The molecule has 0 aliphatic heterocycles. The maximum Gasteiger partial charge on any atom is 0.325 e. The number of imide groups is 1. The van der Waals surface area contributed by atoms with Crippen molar-refractivity contribution in [1.29, 1.82) is 0 Å². The Bertz CT molecular complexity index is 689. The molecule has 23 heavy (non-hydrogen) atoms. The van der Waals surface area contributed by atoms with Crippen molar-refractivity contribution in [2.45, 2.75) is 0 Å². The van der Waals surface area contributed by atoms with E-state index in [1.165, 1.54) is 0 Å². The minimum Gasteiger partial charge on any atom is -0.497 e. The number of hydrogen-bond acceptors (Lipinski definition) is 4. The van der Waals surface area contributed by atoms with Crippen LogP contribution in [-0.2, 0) is 4.79 Å². The van der Waals surface area contributed by atoms with Gasteiger partial charge in [-0.25, -0.2) is 4.79 Å². The van der Waals surface area contributed by atoms with Crippen molar-refractivity contribution in [3.8, 4) is 11.5 Å². The van der Waals surface area contributed by atoms with Gasteiger partial charge in [-0.05, 0) is 65.1 Å². The molecule has 6 nitrogen and oxygen atoms in total. The van der Waals surface area contributed by atoms with Crippen molar-refractivity contribution in [3.05, 3.63) is 52.1 Å². The molecule has 0 saturated heterocycles. The summed E-state index contributed by atoms with van der Waals surface area (Å²) in [5, 5.41) is 4.74. The van der Waals surface area contributed by atoms with Gasteiger partial charge in [0, 0.05) is 9.26 Å². The van der Waals surface area contributed by atoms with Crippen LogP contribution in [0.25, 0.3) is 0 Å². The molecule has 0 atom stereocenters. The molecule has 0 unspecified atom stereocenters. The molecule has 2 N–H and O–H groups in total. The lowest BCUT2D eigenvalue weighted by Crippen LogP contribution is -2.37. The molecule has 2 aromatic carbocycles. The topological polar surface area (TPSA) is 76.7 Å². The Hall–Kier alpha value is -2.29. The Kier molecular flexibility index (Phi) is 6.21. The van der Waals surface area contributed by atoms with Crippen LogP contribution >= 0.6 is 22.6 Å². The average Bonchev–Trinajstić information content (AvgIpc) is 2.53. The Morgan fingerprint density at radius 2 is 1.83 bits per heavy atom. The van der Waals surface area contributed by atoms with Crippen molar-refractivity contribution in [3.63, 3.8) is 0 Å². The molecule has 2 rings (SSSR count). The highest BCUT2D eigenvalue weighted by Crippen LogP contribution is 2.15. The third-order valence-electron chi connectivity index (χ3n) is 2.77. The lowest BCUT2D eigenvalue weighted by molar-refractivity contribution is -0.121. The number of anilines is 1. The zero-order chi connectivity index (χ0) is 16.7. The molecule has 0 saturated carbocycles. The normalized spacial score (nSPS) is 9.83. The quantitative estimate of drug-likeness (QED) is 0.721. The van der Waals surface area contributed by atoms with Gasteiger partial charge >= 0.3 is 6.03 Å². The van der Waals surface area contributed by atoms with E-state index in [0.717, 1.165) is 3.57 Å². The Morgan fingerprint density at radius 1 is 1.09 bits per heavy atom. The number of amides is 3. The number of rotatable bonds is 5. The van der Waals surface area contributed by atoms with Gasteiger partial charge in [-0.15, -0.1) is 0 Å². The lowest BCUT2D eigenvalue weighted by atomic mass is 10.3. The van der Waals surface area contributed by atoms with Gasteiger partial charge in [0.25, 0.3) is 5.91 Å². The van der Waals surface area contributed by atoms with Gasteiger partial charge in [0.1, 0.15) is 11.5 Å². The summed E-state index contributed by atoms with van der Waals surface area (Å²) < 4.78 is 11.3. The predicted molar refractivity (Wildman–Crippen MR) is 94.8 cm³/mol. The smallest absolute Gasteiger partial charge is 0.325 e. The molecule has 0 radical (unpaired) electrons. The number of methoxy groups -OCH3 is 1. The number of ether oxygens (including phenoxy) is 2. The van der Waals surface area contributed by atoms with Gasteiger partial charge in [-0.2, -0.15) is 0 Å². The molecular formula is C16H15IN2O4. The van der Waals surface area contributed by atoms with E-state index in [1.807, 2.05) is 12.1 Å². The molecule has 3 amide bonds. The molecule has 0 fully saturated rings. The van der Waals surface area contributed by atoms with Crippen molar-refractivity contribution in [1.82, 2.24) is 5.32 Å². The summed E-state index contributed by atoms with van der Waals surface area (Å²) in [6.45, 7) is -0.240. The number of urea groups is 1. The van der Waals surface area contributed by atoms with E-state index in [1.54, 1.807) is 43.5 Å². The molecule has 0 heterocycles. The molecule has 120 valence electrons. The van der Waals surface area contributed by atoms with Crippen LogP contribution in [0.2, 0.25) is 0 Å². The van der Waals surface area contributed by atoms with Gasteiger partial charge in [-0.3, -0.25) is 10.1 Å². The number of hydrogen-bond donors (Lipinski definition) is 2. The highest BCUT2D eigenvalue weighted by atomic mass is 127. The van der Waals surface area contributed by atoms with Crippen LogP contribution in [0.3, 0.4) is 0 Å². The zero-order valence-corrected chi connectivity index (χ0v) is 14.5. The fraction of sp³-hybridized carbons (Fsp3) is 0.125. The van der Waals surface area contributed by atoms with Crippen LogP contribution < -0.4 is 20.1 Å². The summed E-state index contributed by atoms with van der Waals surface area (Å²) in [6.07, 6.45) is 0. The zero-order valence-electron chi connectivity index (χ0n) is 12.3. The van der Waals surface area contributed by atoms with Gasteiger partial charge in [0.15, 0.2) is 6.61 Å². The van der Waals surface area contributed by atoms with E-state index in [9.17, 15) is 9.59 Å². The summed E-state index contributed by atoms with van der Waals surface area (Å²) in [5.74, 6) is 0.718. The fourth-order valence-corrected chi connectivity index (χ4v) is 2.22. The van der Waals surface area contributed by atoms with Gasteiger partial charge in [0.05, 0.1) is 7.11 Å². The molecule has 2 aromatic rings. The van der Waals surface area contributed by atoms with Crippen LogP contribution in [0.4, 0.5) is 10.5 Å². The molecule has 0 bridgehead atoms. The minimum absolute atomic E-state index is 0.240. The standard InChI is InChI=1S/C16H15IN2O4/c1-22-13-7-5-12(6-8-13)18-16(21)19-15(20)10-23-14-4-2-3-11(17)9-14/h2-9H,10H2,1H3,(H2,18,19,20,21). The summed E-state index contributed by atoms with van der Waals surface area (Å²) in [6, 6.07) is 13.4. The van der Waals surface area contributed by atoms with Crippen LogP contribution in [0, 0.1) is 3.57 Å². The van der Waals surface area contributed by atoms with Crippen molar-refractivity contribution in [2.75, 3.05) is 19.0 Å². The van der Waals surface area contributed by atoms with Crippen LogP contribution in [0.1, 0.15) is 0 Å². The molecule has 7 heteroatoms. The maximum atomic E-state index is 11.7. The summed E-state index contributed by atoms with van der Waals surface area (Å²) in [7, 11) is 1.56. The predicted octanol–water partition coefficient (Wildman–Crippen LogP) is 3.03. The second-order valence-electron chi connectivity index (χ2n) is 4.48. The fourth-order valence-electron chi connectivity index (χ4n) is 1.71. The molecule has 0 spiro atoms. The van der Waals surface area contributed by atoms with E-state index < -0.39 is 11.9 Å². The third-order valence-corrected chi connectivity index (χ3v) is 3.44. The maximum absolute atomic E-state index is 11.7. The van der Waals surface area contributed by atoms with E-state index in [4.69, 9.17) is 9.47 Å². The molecular weight excluding hydrogens is 411 g/mol. The number of carbonyl (C=O) groups is 2. The Labute approximate surface area is 147 Å². The number of halogens is 1. The first-order valence-corrected chi connectivity index (χ1v) is 7.78. The van der Waals surface area contributed by atoms with Crippen LogP contribution in [-0.4, -0.2) is 25.7 Å². The van der Waals surface area contributed by atoms with E-state index in [0.29, 0.717) is 17.2 Å². The summed E-state index contributed by atoms with van der Waals surface area (Å²) in [4.78, 5) is 23.4. The number of carbonyl (C=O) groups excluding carboxylic acids is 2. The summed E-state index contributed by atoms with van der Waals surface area (Å²) >= 11 is 2.15. The van der Waals surface area contributed by atoms with Crippen molar-refractivity contribution >= 4 is 40.2 Å². The largest absolute Gasteiger partial charge is 0.497 e. The first kappa shape index (κ1) is 17.1. The van der Waals surface area contributed by atoms with Gasteiger partial charge < -0.3 is 14.8 Å². The van der Waals surface area contributed by atoms with Crippen molar-refractivity contribution < 1.29 is 19.1 Å². The second kappa shape index (κ2) is 8.37. The van der Waals surface area contributed by atoms with E-state index >= 15 is 0 Å². The van der Waals surface area contributed by atoms with E-state index in [2.05, 4.69) is 33.2 Å². The third kappa shape index (κ3) is 5.78. The summed E-state index contributed by atoms with van der Waals surface area (Å²) in [5.41, 5.74) is 0.551. The Morgan fingerprint density at radius 3 is 2.48 bits per heavy atom. The first-order chi connectivity index (χ1) is 11.1. The molecule has 0 aliphatic carbocycles. The number of nitrogens with one attached hydrogen (secondary N) is 2. The van der Waals surface area contributed by atoms with Crippen LogP contribution in [0.15, 0.2) is 48.5 Å². The highest BCUT2D eigenvalue weighted by molar-refractivity contribution is 14.1. The first-order valence-electron chi connectivity index (χ1n) is 6.70. The Balaban J connectivity index is 1.78.